The van der Waals surface area contributed by atoms with Crippen molar-refractivity contribution in [2.24, 2.45) is 0 Å². The third-order valence-corrected chi connectivity index (χ3v) is 3.78. The molecule has 2 aromatic rings. The van der Waals surface area contributed by atoms with Crippen molar-refractivity contribution in [3.05, 3.63) is 53.6 Å². The lowest BCUT2D eigenvalue weighted by atomic mass is 9.81. The van der Waals surface area contributed by atoms with Gasteiger partial charge in [-0.1, -0.05) is 51.1 Å². The summed E-state index contributed by atoms with van der Waals surface area (Å²) in [6, 6.07) is 14.7. The molecule has 1 heterocycles. The summed E-state index contributed by atoms with van der Waals surface area (Å²) in [5, 5.41) is 2.88. The van der Waals surface area contributed by atoms with Gasteiger partial charge in [-0.25, -0.2) is 0 Å². The van der Waals surface area contributed by atoms with Crippen LogP contribution in [0.15, 0.2) is 42.5 Å². The van der Waals surface area contributed by atoms with Crippen LogP contribution >= 0.6 is 0 Å². The monoisotopic (exact) mass is 265 g/mol. The minimum atomic E-state index is 0.0845. The van der Waals surface area contributed by atoms with Crippen LogP contribution in [0.4, 0.5) is 5.69 Å². The fourth-order valence-corrected chi connectivity index (χ4v) is 2.79. The summed E-state index contributed by atoms with van der Waals surface area (Å²) in [4.78, 5) is 11.5. The zero-order valence-corrected chi connectivity index (χ0v) is 12.2. The molecule has 2 nitrogen and oxygen atoms in total. The van der Waals surface area contributed by atoms with E-state index in [-0.39, 0.29) is 11.3 Å². The van der Waals surface area contributed by atoms with Gasteiger partial charge in [-0.3, -0.25) is 4.79 Å². The third-order valence-electron chi connectivity index (χ3n) is 3.78. The summed E-state index contributed by atoms with van der Waals surface area (Å²) in [5.74, 6) is 0.0845. The Kier molecular flexibility index (Phi) is 2.89. The molecule has 102 valence electrons. The SMILES string of the molecule is CC(C)(C)c1ccccc1-c1ccc2c(c1)CC(=O)N2. The van der Waals surface area contributed by atoms with Crippen molar-refractivity contribution in [3.8, 4) is 11.1 Å². The molecule has 0 radical (unpaired) electrons. The Balaban J connectivity index is 2.11. The first kappa shape index (κ1) is 12.9. The van der Waals surface area contributed by atoms with E-state index < -0.39 is 0 Å². The summed E-state index contributed by atoms with van der Waals surface area (Å²) in [6.45, 7) is 6.68. The molecule has 0 aromatic heterocycles. The summed E-state index contributed by atoms with van der Waals surface area (Å²) in [7, 11) is 0. The maximum Gasteiger partial charge on any atom is 0.228 e. The lowest BCUT2D eigenvalue weighted by Gasteiger charge is -2.23. The van der Waals surface area contributed by atoms with Gasteiger partial charge in [0.1, 0.15) is 0 Å². The highest BCUT2D eigenvalue weighted by Crippen LogP contribution is 2.35. The molecule has 2 aromatic carbocycles. The number of hydrogen-bond donors (Lipinski definition) is 1. The number of nitrogens with one attached hydrogen (secondary N) is 1. The number of carbonyl (C=O) groups excluding carboxylic acids is 1. The number of amides is 1. The first-order valence-electron chi connectivity index (χ1n) is 6.98. The topological polar surface area (TPSA) is 29.1 Å². The van der Waals surface area contributed by atoms with E-state index in [0.29, 0.717) is 6.42 Å². The van der Waals surface area contributed by atoms with Crippen molar-refractivity contribution in [1.29, 1.82) is 0 Å². The van der Waals surface area contributed by atoms with Crippen LogP contribution in [0.5, 0.6) is 0 Å². The van der Waals surface area contributed by atoms with Gasteiger partial charge < -0.3 is 5.32 Å². The number of benzene rings is 2. The van der Waals surface area contributed by atoms with Crippen LogP contribution in [0, 0.1) is 0 Å². The minimum absolute atomic E-state index is 0.0845. The van der Waals surface area contributed by atoms with Gasteiger partial charge in [0.15, 0.2) is 0 Å². The Labute approximate surface area is 119 Å². The molecule has 0 saturated heterocycles. The van der Waals surface area contributed by atoms with Crippen molar-refractivity contribution in [2.75, 3.05) is 5.32 Å². The number of rotatable bonds is 1. The van der Waals surface area contributed by atoms with Gasteiger partial charge >= 0.3 is 0 Å². The summed E-state index contributed by atoms with van der Waals surface area (Å²) in [5.41, 5.74) is 5.91. The quantitative estimate of drug-likeness (QED) is 0.824. The molecule has 0 saturated carbocycles. The van der Waals surface area contributed by atoms with Crippen LogP contribution in [-0.4, -0.2) is 5.91 Å². The Morgan fingerprint density at radius 2 is 1.80 bits per heavy atom. The van der Waals surface area contributed by atoms with E-state index in [1.165, 1.54) is 16.7 Å². The lowest BCUT2D eigenvalue weighted by Crippen LogP contribution is -2.12. The van der Waals surface area contributed by atoms with Gasteiger partial charge in [-0.05, 0) is 39.8 Å². The fourth-order valence-electron chi connectivity index (χ4n) is 2.79. The third kappa shape index (κ3) is 2.22. The number of fused-ring (bicyclic) bond motifs is 1. The smallest absolute Gasteiger partial charge is 0.228 e. The van der Waals surface area contributed by atoms with E-state index in [0.717, 1.165) is 11.3 Å². The Hall–Kier alpha value is -2.09. The predicted molar refractivity (Wildman–Crippen MR) is 82.9 cm³/mol. The second kappa shape index (κ2) is 4.48. The highest BCUT2D eigenvalue weighted by Gasteiger charge is 2.21. The maximum atomic E-state index is 11.5. The largest absolute Gasteiger partial charge is 0.326 e. The van der Waals surface area contributed by atoms with Gasteiger partial charge in [0, 0.05) is 5.69 Å². The second-order valence-electron chi connectivity index (χ2n) is 6.39. The van der Waals surface area contributed by atoms with Gasteiger partial charge in [0.2, 0.25) is 5.91 Å². The molecule has 0 bridgehead atoms. The van der Waals surface area contributed by atoms with Gasteiger partial charge in [0.05, 0.1) is 6.42 Å². The molecule has 3 rings (SSSR count). The van der Waals surface area contributed by atoms with E-state index in [9.17, 15) is 4.79 Å². The van der Waals surface area contributed by atoms with Crippen molar-refractivity contribution < 1.29 is 4.79 Å². The second-order valence-corrected chi connectivity index (χ2v) is 6.39. The van der Waals surface area contributed by atoms with Crippen molar-refractivity contribution in [2.45, 2.75) is 32.6 Å². The molecule has 0 aliphatic carbocycles. The van der Waals surface area contributed by atoms with E-state index in [2.05, 4.69) is 62.5 Å². The lowest BCUT2D eigenvalue weighted by molar-refractivity contribution is -0.115. The van der Waals surface area contributed by atoms with E-state index >= 15 is 0 Å². The normalized spacial score (nSPS) is 14.1. The van der Waals surface area contributed by atoms with Crippen molar-refractivity contribution in [3.63, 3.8) is 0 Å². The van der Waals surface area contributed by atoms with Gasteiger partial charge in [-0.2, -0.15) is 0 Å². The number of anilines is 1. The predicted octanol–water partition coefficient (Wildman–Crippen LogP) is 4.15. The standard InChI is InChI=1S/C18H19NO/c1-18(2,3)15-7-5-4-6-14(15)12-8-9-16-13(10-12)11-17(20)19-16/h4-10H,11H2,1-3H3,(H,19,20). The van der Waals surface area contributed by atoms with E-state index in [1.54, 1.807) is 0 Å². The van der Waals surface area contributed by atoms with Crippen LogP contribution in [0.2, 0.25) is 0 Å². The van der Waals surface area contributed by atoms with Crippen LogP contribution < -0.4 is 5.32 Å². The molecule has 0 atom stereocenters. The van der Waals surface area contributed by atoms with Crippen LogP contribution in [0.25, 0.3) is 11.1 Å². The number of carbonyl (C=O) groups is 1. The zero-order chi connectivity index (χ0) is 14.3. The van der Waals surface area contributed by atoms with Crippen LogP contribution in [0.1, 0.15) is 31.9 Å². The first-order chi connectivity index (χ1) is 9.45. The zero-order valence-electron chi connectivity index (χ0n) is 12.2. The van der Waals surface area contributed by atoms with Crippen molar-refractivity contribution >= 4 is 11.6 Å². The molecular weight excluding hydrogens is 246 g/mol. The first-order valence-corrected chi connectivity index (χ1v) is 6.98. The molecule has 0 spiro atoms. The highest BCUT2D eigenvalue weighted by atomic mass is 16.1. The summed E-state index contributed by atoms with van der Waals surface area (Å²) >= 11 is 0. The Morgan fingerprint density at radius 1 is 1.05 bits per heavy atom. The molecule has 1 N–H and O–H groups in total. The molecule has 1 amide bonds. The molecule has 0 unspecified atom stereocenters. The van der Waals surface area contributed by atoms with Gasteiger partial charge in [-0.15, -0.1) is 0 Å². The van der Waals surface area contributed by atoms with E-state index in [1.807, 2.05) is 6.07 Å². The molecule has 0 fully saturated rings. The maximum absolute atomic E-state index is 11.5. The number of hydrogen-bond acceptors (Lipinski definition) is 1. The average molecular weight is 265 g/mol. The summed E-state index contributed by atoms with van der Waals surface area (Å²) in [6.07, 6.45) is 0.487. The molecule has 20 heavy (non-hydrogen) atoms. The van der Waals surface area contributed by atoms with Crippen molar-refractivity contribution in [1.82, 2.24) is 0 Å². The summed E-state index contributed by atoms with van der Waals surface area (Å²) < 4.78 is 0. The fraction of sp³-hybridized carbons (Fsp3) is 0.278. The Bertz CT molecular complexity index is 680. The highest BCUT2D eigenvalue weighted by molar-refractivity contribution is 5.99. The molecule has 2 heteroatoms. The van der Waals surface area contributed by atoms with E-state index in [4.69, 9.17) is 0 Å². The molecule has 1 aliphatic rings. The van der Waals surface area contributed by atoms with Crippen LogP contribution in [-0.2, 0) is 16.6 Å². The average Bonchev–Trinajstić information content (AvgIpc) is 2.76. The van der Waals surface area contributed by atoms with Crippen LogP contribution in [0.3, 0.4) is 0 Å². The van der Waals surface area contributed by atoms with Gasteiger partial charge in [0.25, 0.3) is 0 Å². The minimum Gasteiger partial charge on any atom is -0.326 e. The Morgan fingerprint density at radius 3 is 2.55 bits per heavy atom. The molecular formula is C18H19NO. The molecule has 1 aliphatic heterocycles.